The molecular weight excluding hydrogens is 451 g/mol. The topological polar surface area (TPSA) is 37.3 Å². The first-order valence-corrected chi connectivity index (χ1v) is 16.8. The largest absolute Gasteiger partial charge is 0.478 e. The molecule has 4 rings (SSSR count). The van der Waals surface area contributed by atoms with Crippen molar-refractivity contribution in [2.45, 2.75) is 108 Å². The van der Waals surface area contributed by atoms with Gasteiger partial charge in [0, 0.05) is 0 Å². The second-order valence-electron chi connectivity index (χ2n) is 9.18. The van der Waals surface area contributed by atoms with Gasteiger partial charge in [0.15, 0.2) is 0 Å². The van der Waals surface area contributed by atoms with E-state index < -0.39 is 25.7 Å². The van der Waals surface area contributed by atoms with E-state index in [0.717, 1.165) is 0 Å². The monoisotopic (exact) mass is 491 g/mol. The number of hydrogen-bond acceptors (Lipinski definition) is 1. The van der Waals surface area contributed by atoms with Gasteiger partial charge in [-0.25, -0.2) is 4.79 Å². The summed E-state index contributed by atoms with van der Waals surface area (Å²) >= 11 is -1.15. The van der Waals surface area contributed by atoms with Crippen molar-refractivity contribution in [2.24, 2.45) is 0 Å². The summed E-state index contributed by atoms with van der Waals surface area (Å²) in [7, 11) is 0. The Morgan fingerprint density at radius 3 is 1.29 bits per heavy atom. The maximum atomic E-state index is 10.2. The number of hydrogen-bond donors (Lipinski definition) is 1. The van der Waals surface area contributed by atoms with Crippen molar-refractivity contribution in [2.75, 3.05) is 0 Å². The first-order chi connectivity index (χ1) is 13.8. The van der Waals surface area contributed by atoms with Crippen LogP contribution in [0.1, 0.15) is 107 Å². The third-order valence-corrected chi connectivity index (χ3v) is 20.3. The average Bonchev–Trinajstić information content (AvgIpc) is 2.77. The molecule has 0 atom stereocenters. The standard InChI is InChI=1S/C7H6O2.3C6H11.Sn/c8-7(9)6-4-2-1-3-5-6;3*1-2-4-6-5-3-1;/h1-5H,(H,8,9);3*1H,2-6H2;. The molecule has 0 amide bonds. The van der Waals surface area contributed by atoms with E-state index in [9.17, 15) is 4.79 Å². The third kappa shape index (κ3) is 6.78. The molecule has 1 aromatic rings. The first kappa shape index (κ1) is 22.2. The molecule has 3 aliphatic carbocycles. The zero-order chi connectivity index (χ0) is 19.6. The molecule has 3 fully saturated rings. The van der Waals surface area contributed by atoms with Gasteiger partial charge in [-0.2, -0.15) is 0 Å². The van der Waals surface area contributed by atoms with Crippen LogP contribution < -0.4 is 0 Å². The summed E-state index contributed by atoms with van der Waals surface area (Å²) in [6.07, 6.45) is 24.2. The molecule has 0 aromatic heterocycles. The molecule has 0 heterocycles. The summed E-state index contributed by atoms with van der Waals surface area (Å²) in [5.41, 5.74) is 0.331. The second kappa shape index (κ2) is 12.2. The van der Waals surface area contributed by atoms with Crippen molar-refractivity contribution in [1.82, 2.24) is 0 Å². The summed E-state index contributed by atoms with van der Waals surface area (Å²) in [6.45, 7) is 0. The van der Waals surface area contributed by atoms with E-state index in [2.05, 4.69) is 0 Å². The van der Waals surface area contributed by atoms with Gasteiger partial charge >= 0.3 is 134 Å². The van der Waals surface area contributed by atoms with E-state index in [1.54, 1.807) is 127 Å². The van der Waals surface area contributed by atoms with Gasteiger partial charge in [-0.15, -0.1) is 0 Å². The van der Waals surface area contributed by atoms with E-state index in [1.165, 1.54) is 11.8 Å². The van der Waals surface area contributed by atoms with Gasteiger partial charge in [0.2, 0.25) is 0 Å². The minimum Gasteiger partial charge on any atom is -0.478 e. The van der Waals surface area contributed by atoms with Crippen molar-refractivity contribution in [1.29, 1.82) is 0 Å². The number of carboxylic acids is 1. The van der Waals surface area contributed by atoms with Crippen LogP contribution in [0.3, 0.4) is 0 Å². The van der Waals surface area contributed by atoms with Crippen molar-refractivity contribution in [3.63, 3.8) is 0 Å². The quantitative estimate of drug-likeness (QED) is 0.436. The first-order valence-electron chi connectivity index (χ1n) is 11.9. The molecular formula is C25H39O2Sn. The van der Waals surface area contributed by atoms with E-state index in [4.69, 9.17) is 5.11 Å². The minimum absolute atomic E-state index is 0.331. The van der Waals surface area contributed by atoms with Crippen molar-refractivity contribution in [3.05, 3.63) is 35.9 Å². The van der Waals surface area contributed by atoms with Crippen LogP contribution in [0.4, 0.5) is 0 Å². The predicted molar refractivity (Wildman–Crippen MR) is 120 cm³/mol. The third-order valence-electron chi connectivity index (χ3n) is 7.25. The van der Waals surface area contributed by atoms with Gasteiger partial charge in [0.05, 0.1) is 5.56 Å². The Bertz CT molecular complexity index is 512. The van der Waals surface area contributed by atoms with Gasteiger partial charge in [0.1, 0.15) is 0 Å². The normalized spacial score (nSPS) is 22.5. The van der Waals surface area contributed by atoms with Gasteiger partial charge in [-0.3, -0.25) is 0 Å². The fourth-order valence-corrected chi connectivity index (χ4v) is 20.8. The number of carboxylic acid groups (broad SMARTS) is 1. The summed E-state index contributed by atoms with van der Waals surface area (Å²) in [6, 6.07) is 8.30. The van der Waals surface area contributed by atoms with Gasteiger partial charge < -0.3 is 5.11 Å². The summed E-state index contributed by atoms with van der Waals surface area (Å²) in [5, 5.41) is 8.38. The fraction of sp³-hybridized carbons (Fsp3) is 0.720. The average molecular weight is 490 g/mol. The molecule has 28 heavy (non-hydrogen) atoms. The second-order valence-corrected chi connectivity index (χ2v) is 19.0. The van der Waals surface area contributed by atoms with Crippen LogP contribution in [-0.2, 0) is 0 Å². The van der Waals surface area contributed by atoms with Crippen LogP contribution in [0.2, 0.25) is 11.8 Å². The molecule has 0 unspecified atom stereocenters. The van der Waals surface area contributed by atoms with Crippen LogP contribution in [-0.4, -0.2) is 30.8 Å². The molecule has 0 bridgehead atoms. The van der Waals surface area contributed by atoms with Crippen molar-refractivity contribution < 1.29 is 9.90 Å². The molecule has 0 spiro atoms. The molecule has 1 radical (unpaired) electrons. The molecule has 155 valence electrons. The Labute approximate surface area is 179 Å². The maximum Gasteiger partial charge on any atom is 0.335 e. The Morgan fingerprint density at radius 2 is 1.00 bits per heavy atom. The van der Waals surface area contributed by atoms with Gasteiger partial charge in [-0.05, 0) is 12.1 Å². The Balaban J connectivity index is 0.000000211. The Kier molecular flexibility index (Phi) is 9.70. The molecule has 2 nitrogen and oxygen atoms in total. The zero-order valence-corrected chi connectivity index (χ0v) is 20.4. The van der Waals surface area contributed by atoms with Gasteiger partial charge in [0.25, 0.3) is 0 Å². The predicted octanol–water partition coefficient (Wildman–Crippen LogP) is 7.87. The molecule has 3 saturated carbocycles. The molecule has 0 aliphatic heterocycles. The van der Waals surface area contributed by atoms with Crippen LogP contribution in [0.15, 0.2) is 30.3 Å². The molecule has 0 saturated heterocycles. The molecule has 3 aliphatic rings. The van der Waals surface area contributed by atoms with Crippen LogP contribution >= 0.6 is 0 Å². The molecule has 1 N–H and O–H groups in total. The number of benzene rings is 1. The molecule has 1 aromatic carbocycles. The zero-order valence-electron chi connectivity index (χ0n) is 17.6. The van der Waals surface area contributed by atoms with Crippen molar-refractivity contribution in [3.8, 4) is 0 Å². The van der Waals surface area contributed by atoms with Crippen LogP contribution in [0.5, 0.6) is 0 Å². The van der Waals surface area contributed by atoms with E-state index in [1.807, 2.05) is 0 Å². The van der Waals surface area contributed by atoms with Crippen LogP contribution in [0, 0.1) is 0 Å². The summed E-state index contributed by atoms with van der Waals surface area (Å²) in [4.78, 5) is 10.2. The van der Waals surface area contributed by atoms with E-state index in [0.29, 0.717) is 5.56 Å². The van der Waals surface area contributed by atoms with Crippen LogP contribution in [0.25, 0.3) is 0 Å². The van der Waals surface area contributed by atoms with E-state index >= 15 is 0 Å². The van der Waals surface area contributed by atoms with E-state index in [-0.39, 0.29) is 0 Å². The number of carbonyl (C=O) groups is 1. The van der Waals surface area contributed by atoms with Crippen molar-refractivity contribution >= 4 is 25.7 Å². The maximum absolute atomic E-state index is 10.2. The SMILES string of the molecule is C1CC[CH]([Sn]([CH]2CCCCC2)[CH]2CCCCC2)CC1.O=C(O)c1ccccc1. The Morgan fingerprint density at radius 1 is 0.643 bits per heavy atom. The minimum atomic E-state index is -1.15. The Hall–Kier alpha value is -0.511. The number of rotatable bonds is 4. The fourth-order valence-electron chi connectivity index (χ4n) is 5.89. The summed E-state index contributed by atoms with van der Waals surface area (Å²) in [5.74, 6) is -0.879. The number of aromatic carboxylic acids is 1. The smallest absolute Gasteiger partial charge is 0.335 e. The summed E-state index contributed by atoms with van der Waals surface area (Å²) < 4.78 is 3.96. The van der Waals surface area contributed by atoms with Gasteiger partial charge in [-0.1, -0.05) is 18.2 Å². The molecule has 3 heteroatoms.